The Morgan fingerprint density at radius 3 is 2.55 bits per heavy atom. The molecule has 3 rings (SSSR count). The number of hydrogen-bond acceptors (Lipinski definition) is 2. The zero-order chi connectivity index (χ0) is 14.4. The van der Waals surface area contributed by atoms with Crippen LogP contribution < -0.4 is 5.73 Å². The van der Waals surface area contributed by atoms with Crippen molar-refractivity contribution in [3.63, 3.8) is 0 Å². The topological polar surface area (TPSA) is 43.8 Å². The minimum atomic E-state index is -0.835. The van der Waals surface area contributed by atoms with Gasteiger partial charge in [0.2, 0.25) is 5.95 Å². The van der Waals surface area contributed by atoms with Crippen LogP contribution in [0.1, 0.15) is 5.56 Å². The number of nitrogens with two attached hydrogens (primary N) is 1. The first kappa shape index (κ1) is 12.5. The largest absolute Gasteiger partial charge is 0.369 e. The summed E-state index contributed by atoms with van der Waals surface area (Å²) in [6, 6.07) is 6.19. The van der Waals surface area contributed by atoms with E-state index in [0.29, 0.717) is 6.07 Å². The van der Waals surface area contributed by atoms with E-state index in [1.54, 1.807) is 13.0 Å². The zero-order valence-corrected chi connectivity index (χ0v) is 10.5. The fourth-order valence-corrected chi connectivity index (χ4v) is 2.17. The van der Waals surface area contributed by atoms with Crippen molar-refractivity contribution in [2.75, 3.05) is 5.73 Å². The van der Waals surface area contributed by atoms with Crippen LogP contribution in [0.15, 0.2) is 30.3 Å². The van der Waals surface area contributed by atoms with E-state index in [4.69, 9.17) is 5.73 Å². The SMILES string of the molecule is Cc1ccc(F)c(-n2c(N)nc3c(F)cc(F)cc32)c1. The number of aryl methyl sites for hydroxylation is 1. The van der Waals surface area contributed by atoms with Crippen molar-refractivity contribution in [2.24, 2.45) is 0 Å². The van der Waals surface area contributed by atoms with Crippen LogP contribution in [-0.2, 0) is 0 Å². The highest BCUT2D eigenvalue weighted by molar-refractivity contribution is 5.81. The normalized spacial score (nSPS) is 11.2. The summed E-state index contributed by atoms with van der Waals surface area (Å²) in [5.74, 6) is -2.26. The summed E-state index contributed by atoms with van der Waals surface area (Å²) in [5.41, 5.74) is 6.61. The van der Waals surface area contributed by atoms with Gasteiger partial charge in [0.15, 0.2) is 5.82 Å². The molecule has 0 spiro atoms. The number of imidazole rings is 1. The van der Waals surface area contributed by atoms with Crippen molar-refractivity contribution >= 4 is 17.0 Å². The van der Waals surface area contributed by atoms with Crippen molar-refractivity contribution in [3.05, 3.63) is 53.3 Å². The molecule has 2 aromatic carbocycles. The van der Waals surface area contributed by atoms with E-state index in [0.717, 1.165) is 11.6 Å². The van der Waals surface area contributed by atoms with E-state index in [-0.39, 0.29) is 22.7 Å². The van der Waals surface area contributed by atoms with Crippen LogP contribution >= 0.6 is 0 Å². The van der Waals surface area contributed by atoms with Gasteiger partial charge < -0.3 is 5.73 Å². The molecule has 3 nitrogen and oxygen atoms in total. The Kier molecular flexibility index (Phi) is 2.67. The average molecular weight is 277 g/mol. The van der Waals surface area contributed by atoms with Gasteiger partial charge in [0.1, 0.15) is 17.2 Å². The van der Waals surface area contributed by atoms with Crippen molar-refractivity contribution in [3.8, 4) is 5.69 Å². The van der Waals surface area contributed by atoms with Gasteiger partial charge in [0.05, 0.1) is 11.2 Å². The van der Waals surface area contributed by atoms with Crippen LogP contribution in [0.2, 0.25) is 0 Å². The number of fused-ring (bicyclic) bond motifs is 1. The number of nitrogens with zero attached hydrogens (tertiary/aromatic N) is 2. The van der Waals surface area contributed by atoms with E-state index in [2.05, 4.69) is 4.98 Å². The smallest absolute Gasteiger partial charge is 0.206 e. The molecule has 0 aliphatic heterocycles. The van der Waals surface area contributed by atoms with E-state index in [1.807, 2.05) is 0 Å². The number of nitrogen functional groups attached to an aromatic ring is 1. The summed E-state index contributed by atoms with van der Waals surface area (Å²) >= 11 is 0. The van der Waals surface area contributed by atoms with Crippen LogP contribution in [-0.4, -0.2) is 9.55 Å². The van der Waals surface area contributed by atoms with Gasteiger partial charge in [0, 0.05) is 12.1 Å². The maximum absolute atomic E-state index is 14.0. The lowest BCUT2D eigenvalue weighted by atomic mass is 10.2. The van der Waals surface area contributed by atoms with Crippen LogP contribution in [0, 0.1) is 24.4 Å². The highest BCUT2D eigenvalue weighted by Gasteiger charge is 2.17. The molecule has 0 amide bonds. The fourth-order valence-electron chi connectivity index (χ4n) is 2.17. The Balaban J connectivity index is 2.42. The summed E-state index contributed by atoms with van der Waals surface area (Å²) < 4.78 is 42.2. The maximum atomic E-state index is 14.0. The number of anilines is 1. The maximum Gasteiger partial charge on any atom is 0.206 e. The molecule has 20 heavy (non-hydrogen) atoms. The Morgan fingerprint density at radius 1 is 1.05 bits per heavy atom. The van der Waals surface area contributed by atoms with Gasteiger partial charge in [-0.3, -0.25) is 4.57 Å². The van der Waals surface area contributed by atoms with E-state index in [9.17, 15) is 13.2 Å². The number of halogens is 3. The summed E-state index contributed by atoms with van der Waals surface area (Å²) in [5, 5.41) is 0. The number of aromatic nitrogens is 2. The predicted molar refractivity (Wildman–Crippen MR) is 70.1 cm³/mol. The van der Waals surface area contributed by atoms with Gasteiger partial charge in [-0.2, -0.15) is 0 Å². The molecule has 0 saturated heterocycles. The van der Waals surface area contributed by atoms with Crippen LogP contribution in [0.4, 0.5) is 19.1 Å². The second kappa shape index (κ2) is 4.26. The molecule has 1 aromatic heterocycles. The molecule has 0 aliphatic rings. The van der Waals surface area contributed by atoms with Gasteiger partial charge in [0.25, 0.3) is 0 Å². The summed E-state index contributed by atoms with van der Waals surface area (Å²) in [7, 11) is 0. The summed E-state index contributed by atoms with van der Waals surface area (Å²) in [6.07, 6.45) is 0. The molecule has 102 valence electrons. The van der Waals surface area contributed by atoms with Crippen molar-refractivity contribution < 1.29 is 13.2 Å². The second-order valence-corrected chi connectivity index (χ2v) is 4.52. The molecule has 0 fully saturated rings. The molecule has 0 unspecified atom stereocenters. The second-order valence-electron chi connectivity index (χ2n) is 4.52. The lowest BCUT2D eigenvalue weighted by molar-refractivity contribution is 0.590. The quantitative estimate of drug-likeness (QED) is 0.741. The van der Waals surface area contributed by atoms with Gasteiger partial charge >= 0.3 is 0 Å². The molecule has 0 bridgehead atoms. The fraction of sp³-hybridized carbons (Fsp3) is 0.0714. The molecule has 0 saturated carbocycles. The number of rotatable bonds is 1. The third-order valence-electron chi connectivity index (χ3n) is 3.05. The highest BCUT2D eigenvalue weighted by Crippen LogP contribution is 2.27. The Bertz CT molecular complexity index is 824. The third kappa shape index (κ3) is 1.80. The number of hydrogen-bond donors (Lipinski definition) is 1. The summed E-state index contributed by atoms with van der Waals surface area (Å²) in [6.45, 7) is 1.78. The molecule has 6 heteroatoms. The zero-order valence-electron chi connectivity index (χ0n) is 10.5. The van der Waals surface area contributed by atoms with E-state index >= 15 is 0 Å². The van der Waals surface area contributed by atoms with Gasteiger partial charge in [-0.25, -0.2) is 18.2 Å². The Hall–Kier alpha value is -2.50. The van der Waals surface area contributed by atoms with E-state index < -0.39 is 17.5 Å². The third-order valence-corrected chi connectivity index (χ3v) is 3.05. The Labute approximate surface area is 112 Å². The predicted octanol–water partition coefficient (Wildman–Crippen LogP) is 3.33. The first-order valence-corrected chi connectivity index (χ1v) is 5.87. The lowest BCUT2D eigenvalue weighted by Crippen LogP contribution is -2.03. The molecule has 0 aliphatic carbocycles. The lowest BCUT2D eigenvalue weighted by Gasteiger charge is -2.09. The van der Waals surface area contributed by atoms with Gasteiger partial charge in [-0.1, -0.05) is 6.07 Å². The highest BCUT2D eigenvalue weighted by atomic mass is 19.1. The molecule has 0 radical (unpaired) electrons. The van der Waals surface area contributed by atoms with Crippen LogP contribution in [0.5, 0.6) is 0 Å². The molecule has 3 aromatic rings. The Morgan fingerprint density at radius 2 is 1.80 bits per heavy atom. The summed E-state index contributed by atoms with van der Waals surface area (Å²) in [4.78, 5) is 3.83. The minimum absolute atomic E-state index is 0.0875. The van der Waals surface area contributed by atoms with Crippen molar-refractivity contribution in [1.29, 1.82) is 0 Å². The van der Waals surface area contributed by atoms with Crippen LogP contribution in [0.3, 0.4) is 0 Å². The average Bonchev–Trinajstić information content (AvgIpc) is 2.69. The van der Waals surface area contributed by atoms with Crippen molar-refractivity contribution in [2.45, 2.75) is 6.92 Å². The van der Waals surface area contributed by atoms with Gasteiger partial charge in [-0.05, 0) is 24.6 Å². The first-order chi connectivity index (χ1) is 9.47. The molecule has 0 atom stereocenters. The monoisotopic (exact) mass is 277 g/mol. The number of benzene rings is 2. The molecule has 2 N–H and O–H groups in total. The standard InChI is InChI=1S/C14H10F3N3/c1-7-2-3-9(16)11(4-7)20-12-6-8(15)5-10(17)13(12)19-14(20)18/h2-6H,1H3,(H2,18,19). The van der Waals surface area contributed by atoms with Crippen molar-refractivity contribution in [1.82, 2.24) is 9.55 Å². The van der Waals surface area contributed by atoms with Gasteiger partial charge in [-0.15, -0.1) is 0 Å². The first-order valence-electron chi connectivity index (χ1n) is 5.87. The molecular weight excluding hydrogens is 267 g/mol. The molecule has 1 heterocycles. The van der Waals surface area contributed by atoms with E-state index in [1.165, 1.54) is 16.7 Å². The molecular formula is C14H10F3N3. The minimum Gasteiger partial charge on any atom is -0.369 e. The van der Waals surface area contributed by atoms with Crippen LogP contribution in [0.25, 0.3) is 16.7 Å².